The molecule has 17 heavy (non-hydrogen) atoms. The summed E-state index contributed by atoms with van der Waals surface area (Å²) in [6.45, 7) is -0.244. The van der Waals surface area contributed by atoms with Crippen molar-refractivity contribution < 1.29 is 15.0 Å². The van der Waals surface area contributed by atoms with Crippen LogP contribution in [0.15, 0.2) is 23.0 Å². The number of H-pyrrole nitrogens is 2. The molecular formula is C11H12N2O4. The van der Waals surface area contributed by atoms with E-state index in [1.165, 1.54) is 0 Å². The van der Waals surface area contributed by atoms with Crippen molar-refractivity contribution >= 4 is 17.0 Å². The Balaban J connectivity index is 2.39. The van der Waals surface area contributed by atoms with Crippen LogP contribution < -0.4 is 5.69 Å². The lowest BCUT2D eigenvalue weighted by Crippen LogP contribution is -2.10. The van der Waals surface area contributed by atoms with E-state index in [2.05, 4.69) is 9.97 Å². The van der Waals surface area contributed by atoms with Gasteiger partial charge in [-0.1, -0.05) is 6.07 Å². The number of aliphatic hydroxyl groups excluding tert-OH is 1. The maximum atomic E-state index is 11.1. The third-order valence-electron chi connectivity index (χ3n) is 2.65. The van der Waals surface area contributed by atoms with Gasteiger partial charge in [-0.3, -0.25) is 4.79 Å². The maximum Gasteiger partial charge on any atom is 0.323 e. The van der Waals surface area contributed by atoms with E-state index in [0.717, 1.165) is 0 Å². The smallest absolute Gasteiger partial charge is 0.323 e. The highest BCUT2D eigenvalue weighted by molar-refractivity contribution is 5.75. The quantitative estimate of drug-likeness (QED) is 0.616. The number of hydrogen-bond donors (Lipinski definition) is 4. The highest BCUT2D eigenvalue weighted by Crippen LogP contribution is 2.21. The molecule has 0 aliphatic heterocycles. The second-order valence-electron chi connectivity index (χ2n) is 3.86. The maximum absolute atomic E-state index is 11.1. The molecule has 1 atom stereocenters. The zero-order chi connectivity index (χ0) is 12.4. The first kappa shape index (κ1) is 11.4. The average molecular weight is 236 g/mol. The number of carbonyl (C=O) groups is 1. The summed E-state index contributed by atoms with van der Waals surface area (Å²) >= 11 is 0. The molecule has 0 amide bonds. The predicted molar refractivity (Wildman–Crippen MR) is 61.0 cm³/mol. The molecule has 90 valence electrons. The van der Waals surface area contributed by atoms with Crippen molar-refractivity contribution in [3.8, 4) is 0 Å². The van der Waals surface area contributed by atoms with Crippen molar-refractivity contribution in [3.05, 3.63) is 34.2 Å². The van der Waals surface area contributed by atoms with Gasteiger partial charge in [-0.05, 0) is 17.7 Å². The fourth-order valence-electron chi connectivity index (χ4n) is 1.80. The van der Waals surface area contributed by atoms with Gasteiger partial charge in [-0.2, -0.15) is 0 Å². The number of nitrogens with one attached hydrogen (secondary N) is 2. The SMILES string of the molecule is O=C(O)CC(CO)c1ccc2[nH]c(=O)[nH]c2c1. The van der Waals surface area contributed by atoms with Crippen molar-refractivity contribution in [2.75, 3.05) is 6.61 Å². The lowest BCUT2D eigenvalue weighted by molar-refractivity contribution is -0.137. The number of imidazole rings is 1. The Hall–Kier alpha value is -2.08. The van der Waals surface area contributed by atoms with Crippen LogP contribution in [0.1, 0.15) is 17.9 Å². The lowest BCUT2D eigenvalue weighted by atomic mass is 9.96. The molecular weight excluding hydrogens is 224 g/mol. The molecule has 0 saturated carbocycles. The molecule has 1 aromatic heterocycles. The van der Waals surface area contributed by atoms with Crippen molar-refractivity contribution in [2.24, 2.45) is 0 Å². The topological polar surface area (TPSA) is 106 Å². The van der Waals surface area contributed by atoms with Gasteiger partial charge in [0.05, 0.1) is 24.1 Å². The van der Waals surface area contributed by atoms with Crippen LogP contribution in [0, 0.1) is 0 Å². The van der Waals surface area contributed by atoms with E-state index in [0.29, 0.717) is 16.6 Å². The lowest BCUT2D eigenvalue weighted by Gasteiger charge is -2.11. The molecule has 2 rings (SSSR count). The van der Waals surface area contributed by atoms with Crippen LogP contribution in [0.25, 0.3) is 11.0 Å². The highest BCUT2D eigenvalue weighted by Gasteiger charge is 2.15. The van der Waals surface area contributed by atoms with Crippen LogP contribution in [0.3, 0.4) is 0 Å². The second-order valence-corrected chi connectivity index (χ2v) is 3.86. The number of carboxylic acid groups (broad SMARTS) is 1. The summed E-state index contributed by atoms with van der Waals surface area (Å²) in [4.78, 5) is 26.9. The average Bonchev–Trinajstić information content (AvgIpc) is 2.64. The summed E-state index contributed by atoms with van der Waals surface area (Å²) in [5, 5.41) is 17.9. The number of fused-ring (bicyclic) bond motifs is 1. The zero-order valence-electron chi connectivity index (χ0n) is 8.93. The predicted octanol–water partition coefficient (Wildman–Crippen LogP) is 0.407. The first-order chi connectivity index (χ1) is 8.10. The van der Waals surface area contributed by atoms with E-state index >= 15 is 0 Å². The Kier molecular flexibility index (Phi) is 2.97. The molecule has 0 aliphatic rings. The van der Waals surface area contributed by atoms with Crippen LogP contribution in [0.2, 0.25) is 0 Å². The number of aromatic nitrogens is 2. The van der Waals surface area contributed by atoms with E-state index in [4.69, 9.17) is 10.2 Å². The first-order valence-electron chi connectivity index (χ1n) is 5.14. The van der Waals surface area contributed by atoms with Crippen molar-refractivity contribution in [3.63, 3.8) is 0 Å². The van der Waals surface area contributed by atoms with Crippen LogP contribution in [-0.2, 0) is 4.79 Å². The summed E-state index contributed by atoms with van der Waals surface area (Å²) < 4.78 is 0. The fraction of sp³-hybridized carbons (Fsp3) is 0.273. The van der Waals surface area contributed by atoms with Gasteiger partial charge < -0.3 is 20.2 Å². The summed E-state index contributed by atoms with van der Waals surface area (Å²) in [7, 11) is 0. The number of carboxylic acids is 1. The van der Waals surface area contributed by atoms with Crippen molar-refractivity contribution in [2.45, 2.75) is 12.3 Å². The number of aliphatic carboxylic acids is 1. The Morgan fingerprint density at radius 2 is 2.00 bits per heavy atom. The first-order valence-corrected chi connectivity index (χ1v) is 5.14. The monoisotopic (exact) mass is 236 g/mol. The van der Waals surface area contributed by atoms with E-state index in [1.54, 1.807) is 18.2 Å². The van der Waals surface area contributed by atoms with E-state index in [9.17, 15) is 9.59 Å². The summed E-state index contributed by atoms with van der Waals surface area (Å²) in [5.74, 6) is -1.43. The fourth-order valence-corrected chi connectivity index (χ4v) is 1.80. The van der Waals surface area contributed by atoms with Gasteiger partial charge in [-0.15, -0.1) is 0 Å². The molecule has 1 aromatic carbocycles. The Labute approximate surface area is 95.9 Å². The van der Waals surface area contributed by atoms with Gasteiger partial charge in [0, 0.05) is 5.92 Å². The third-order valence-corrected chi connectivity index (χ3v) is 2.65. The van der Waals surface area contributed by atoms with Gasteiger partial charge in [0.25, 0.3) is 0 Å². The van der Waals surface area contributed by atoms with Gasteiger partial charge in [0.15, 0.2) is 0 Å². The second kappa shape index (κ2) is 4.42. The van der Waals surface area contributed by atoms with Crippen LogP contribution in [0.5, 0.6) is 0 Å². The molecule has 4 N–H and O–H groups in total. The molecule has 6 nitrogen and oxygen atoms in total. The number of aliphatic hydroxyl groups is 1. The Morgan fingerprint density at radius 3 is 2.65 bits per heavy atom. The Morgan fingerprint density at radius 1 is 1.29 bits per heavy atom. The molecule has 0 bridgehead atoms. The van der Waals surface area contributed by atoms with E-state index in [-0.39, 0.29) is 18.7 Å². The largest absolute Gasteiger partial charge is 0.481 e. The van der Waals surface area contributed by atoms with Gasteiger partial charge in [0.2, 0.25) is 0 Å². The van der Waals surface area contributed by atoms with Crippen LogP contribution in [0.4, 0.5) is 0 Å². The van der Waals surface area contributed by atoms with Crippen molar-refractivity contribution in [1.82, 2.24) is 9.97 Å². The van der Waals surface area contributed by atoms with Crippen LogP contribution >= 0.6 is 0 Å². The number of aromatic amines is 2. The molecule has 0 fully saturated rings. The van der Waals surface area contributed by atoms with Crippen LogP contribution in [-0.4, -0.2) is 32.8 Å². The molecule has 0 aliphatic carbocycles. The number of hydrogen-bond acceptors (Lipinski definition) is 3. The summed E-state index contributed by atoms with van der Waals surface area (Å²) in [5.41, 5.74) is 1.65. The molecule has 1 unspecified atom stereocenters. The van der Waals surface area contributed by atoms with Gasteiger partial charge >= 0.3 is 11.7 Å². The summed E-state index contributed by atoms with van der Waals surface area (Å²) in [6.07, 6.45) is -0.142. The molecule has 0 saturated heterocycles. The van der Waals surface area contributed by atoms with Crippen molar-refractivity contribution in [1.29, 1.82) is 0 Å². The number of benzene rings is 1. The molecule has 0 spiro atoms. The van der Waals surface area contributed by atoms with E-state index < -0.39 is 11.9 Å². The minimum absolute atomic E-state index is 0.142. The summed E-state index contributed by atoms with van der Waals surface area (Å²) in [6, 6.07) is 5.07. The Bertz CT molecular complexity index is 599. The molecule has 2 aromatic rings. The van der Waals surface area contributed by atoms with Gasteiger partial charge in [-0.25, -0.2) is 4.79 Å². The molecule has 1 heterocycles. The highest BCUT2D eigenvalue weighted by atomic mass is 16.4. The third kappa shape index (κ3) is 2.36. The minimum Gasteiger partial charge on any atom is -0.481 e. The molecule has 6 heteroatoms. The van der Waals surface area contributed by atoms with E-state index in [1.807, 2.05) is 0 Å². The standard InChI is InChI=1S/C11H12N2O4/c14-5-7(4-10(15)16)6-1-2-8-9(3-6)13-11(17)12-8/h1-3,7,14H,4-5H2,(H,15,16)(H2,12,13,17). The van der Waals surface area contributed by atoms with Gasteiger partial charge in [0.1, 0.15) is 0 Å². The number of rotatable bonds is 4. The minimum atomic E-state index is -0.966. The molecule has 0 radical (unpaired) electrons. The normalized spacial score (nSPS) is 12.8. The zero-order valence-corrected chi connectivity index (χ0v) is 8.93.